The predicted octanol–water partition coefficient (Wildman–Crippen LogP) is 3.57. The van der Waals surface area contributed by atoms with Gasteiger partial charge in [-0.2, -0.15) is 0 Å². The summed E-state index contributed by atoms with van der Waals surface area (Å²) < 4.78 is 11.5. The largest absolute Gasteiger partial charge is 0.376 e. The summed E-state index contributed by atoms with van der Waals surface area (Å²) in [5.74, 6) is 0. The van der Waals surface area contributed by atoms with Crippen LogP contribution in [-0.4, -0.2) is 31.9 Å². The Bertz CT molecular complexity index is 390. The van der Waals surface area contributed by atoms with Crippen molar-refractivity contribution < 1.29 is 9.47 Å². The van der Waals surface area contributed by atoms with Crippen molar-refractivity contribution in [3.05, 3.63) is 34.9 Å². The van der Waals surface area contributed by atoms with Crippen LogP contribution in [0.15, 0.2) is 24.3 Å². The van der Waals surface area contributed by atoms with Gasteiger partial charge in [-0.05, 0) is 44.4 Å². The van der Waals surface area contributed by atoms with Gasteiger partial charge in [-0.3, -0.25) is 0 Å². The van der Waals surface area contributed by atoms with Crippen LogP contribution in [0.1, 0.15) is 38.4 Å². The van der Waals surface area contributed by atoms with Gasteiger partial charge in [0.1, 0.15) is 0 Å². The number of halogens is 1. The molecule has 1 unspecified atom stereocenters. The number of hydrogen-bond donors (Lipinski definition) is 1. The molecule has 0 aliphatic heterocycles. The topological polar surface area (TPSA) is 30.5 Å². The molecule has 1 N–H and O–H groups in total. The molecule has 1 aromatic carbocycles. The maximum Gasteiger partial charge on any atom is 0.0950 e. The van der Waals surface area contributed by atoms with Crippen LogP contribution in [-0.2, 0) is 9.47 Å². The van der Waals surface area contributed by atoms with Crippen LogP contribution in [0.4, 0.5) is 0 Å². The third-order valence-corrected chi connectivity index (χ3v) is 3.52. The first-order chi connectivity index (χ1) is 9.65. The van der Waals surface area contributed by atoms with Crippen LogP contribution in [0, 0.1) is 0 Å². The van der Waals surface area contributed by atoms with Crippen molar-refractivity contribution in [1.29, 1.82) is 0 Å². The van der Waals surface area contributed by atoms with Gasteiger partial charge in [0.25, 0.3) is 0 Å². The molecule has 4 heteroatoms. The van der Waals surface area contributed by atoms with Crippen molar-refractivity contribution in [2.24, 2.45) is 0 Å². The number of ether oxygens (including phenoxy) is 2. The van der Waals surface area contributed by atoms with E-state index in [-0.39, 0.29) is 12.2 Å². The van der Waals surface area contributed by atoms with Gasteiger partial charge in [0.15, 0.2) is 0 Å². The summed E-state index contributed by atoms with van der Waals surface area (Å²) in [6, 6.07) is 8.57. The lowest BCUT2D eigenvalue weighted by Gasteiger charge is -2.19. The molecule has 1 saturated carbocycles. The molecule has 0 amide bonds. The standard InChI is InChI=1S/C16H24ClNO2/c1-12(2)19-9-10-20-16(11-18-15-7-8-15)13-3-5-14(17)6-4-13/h3-6,12,15-16,18H,7-11H2,1-2H3. The molecule has 1 aliphatic rings. The van der Waals surface area contributed by atoms with Gasteiger partial charge in [0, 0.05) is 17.6 Å². The van der Waals surface area contributed by atoms with Gasteiger partial charge in [0.2, 0.25) is 0 Å². The molecule has 1 aromatic rings. The lowest BCUT2D eigenvalue weighted by atomic mass is 10.1. The fourth-order valence-electron chi connectivity index (χ4n) is 1.99. The first-order valence-electron chi connectivity index (χ1n) is 7.37. The third-order valence-electron chi connectivity index (χ3n) is 3.26. The van der Waals surface area contributed by atoms with E-state index in [0.29, 0.717) is 19.3 Å². The van der Waals surface area contributed by atoms with E-state index < -0.39 is 0 Å². The lowest BCUT2D eigenvalue weighted by Crippen LogP contribution is -2.26. The molecule has 20 heavy (non-hydrogen) atoms. The Morgan fingerprint density at radius 3 is 2.40 bits per heavy atom. The van der Waals surface area contributed by atoms with Crippen LogP contribution in [0.5, 0.6) is 0 Å². The van der Waals surface area contributed by atoms with E-state index in [0.717, 1.165) is 17.1 Å². The van der Waals surface area contributed by atoms with E-state index in [2.05, 4.69) is 5.32 Å². The zero-order chi connectivity index (χ0) is 14.4. The summed E-state index contributed by atoms with van der Waals surface area (Å²) in [6.45, 7) is 6.15. The Kier molecular flexibility index (Phi) is 6.30. The zero-order valence-corrected chi connectivity index (χ0v) is 13.0. The minimum Gasteiger partial charge on any atom is -0.376 e. The average Bonchev–Trinajstić information content (AvgIpc) is 3.23. The van der Waals surface area contributed by atoms with Crippen molar-refractivity contribution in [2.75, 3.05) is 19.8 Å². The first-order valence-corrected chi connectivity index (χ1v) is 7.75. The van der Waals surface area contributed by atoms with Crippen LogP contribution in [0.2, 0.25) is 5.02 Å². The Labute approximate surface area is 126 Å². The van der Waals surface area contributed by atoms with Crippen molar-refractivity contribution in [2.45, 2.75) is 44.9 Å². The van der Waals surface area contributed by atoms with Gasteiger partial charge in [-0.25, -0.2) is 0 Å². The van der Waals surface area contributed by atoms with Gasteiger partial charge in [0.05, 0.1) is 25.4 Å². The van der Waals surface area contributed by atoms with Crippen molar-refractivity contribution in [1.82, 2.24) is 5.32 Å². The van der Waals surface area contributed by atoms with E-state index in [1.54, 1.807) is 0 Å². The molecule has 0 heterocycles. The minimum absolute atomic E-state index is 0.0589. The molecule has 112 valence electrons. The highest BCUT2D eigenvalue weighted by molar-refractivity contribution is 6.30. The Morgan fingerprint density at radius 1 is 1.15 bits per heavy atom. The summed E-state index contributed by atoms with van der Waals surface area (Å²) in [6.07, 6.45) is 2.87. The maximum atomic E-state index is 5.97. The summed E-state index contributed by atoms with van der Waals surface area (Å²) in [7, 11) is 0. The normalized spacial score (nSPS) is 16.6. The molecule has 0 saturated heterocycles. The molecule has 3 nitrogen and oxygen atoms in total. The summed E-state index contributed by atoms with van der Waals surface area (Å²) in [5, 5.41) is 4.28. The fourth-order valence-corrected chi connectivity index (χ4v) is 2.11. The summed E-state index contributed by atoms with van der Waals surface area (Å²) >= 11 is 5.94. The molecule has 1 atom stereocenters. The molecule has 0 spiro atoms. The van der Waals surface area contributed by atoms with Gasteiger partial charge < -0.3 is 14.8 Å². The molecule has 1 fully saturated rings. The fraction of sp³-hybridized carbons (Fsp3) is 0.625. The van der Waals surface area contributed by atoms with E-state index in [4.69, 9.17) is 21.1 Å². The van der Waals surface area contributed by atoms with Crippen LogP contribution >= 0.6 is 11.6 Å². The summed E-state index contributed by atoms with van der Waals surface area (Å²) in [5.41, 5.74) is 1.16. The zero-order valence-electron chi connectivity index (χ0n) is 12.3. The maximum absolute atomic E-state index is 5.97. The van der Waals surface area contributed by atoms with Gasteiger partial charge in [-0.15, -0.1) is 0 Å². The van der Waals surface area contributed by atoms with E-state index in [1.807, 2.05) is 38.1 Å². The monoisotopic (exact) mass is 297 g/mol. The highest BCUT2D eigenvalue weighted by Crippen LogP contribution is 2.23. The molecule has 0 radical (unpaired) electrons. The van der Waals surface area contributed by atoms with E-state index >= 15 is 0 Å². The van der Waals surface area contributed by atoms with Crippen LogP contribution in [0.25, 0.3) is 0 Å². The molecule has 1 aliphatic carbocycles. The smallest absolute Gasteiger partial charge is 0.0950 e. The molecule has 0 bridgehead atoms. The Balaban J connectivity index is 1.83. The SMILES string of the molecule is CC(C)OCCOC(CNC1CC1)c1ccc(Cl)cc1. The molecular weight excluding hydrogens is 274 g/mol. The molecule has 0 aromatic heterocycles. The summed E-state index contributed by atoms with van der Waals surface area (Å²) in [4.78, 5) is 0. The van der Waals surface area contributed by atoms with Crippen molar-refractivity contribution >= 4 is 11.6 Å². The van der Waals surface area contributed by atoms with Crippen molar-refractivity contribution in [3.8, 4) is 0 Å². The van der Waals surface area contributed by atoms with Crippen LogP contribution in [0.3, 0.4) is 0 Å². The minimum atomic E-state index is 0.0589. The first kappa shape index (κ1) is 15.8. The Hall–Kier alpha value is -0.610. The van der Waals surface area contributed by atoms with Gasteiger partial charge in [-0.1, -0.05) is 23.7 Å². The highest BCUT2D eigenvalue weighted by Gasteiger charge is 2.22. The second-order valence-electron chi connectivity index (χ2n) is 5.51. The second kappa shape index (κ2) is 7.99. The van der Waals surface area contributed by atoms with Gasteiger partial charge >= 0.3 is 0 Å². The average molecular weight is 298 g/mol. The van der Waals surface area contributed by atoms with E-state index in [1.165, 1.54) is 12.8 Å². The third kappa shape index (κ3) is 5.80. The molecule has 2 rings (SSSR count). The number of nitrogens with one attached hydrogen (secondary N) is 1. The Morgan fingerprint density at radius 2 is 1.80 bits per heavy atom. The number of rotatable bonds is 9. The molecular formula is C16H24ClNO2. The van der Waals surface area contributed by atoms with Crippen molar-refractivity contribution in [3.63, 3.8) is 0 Å². The second-order valence-corrected chi connectivity index (χ2v) is 5.95. The predicted molar refractivity (Wildman–Crippen MR) is 82.3 cm³/mol. The number of hydrogen-bond acceptors (Lipinski definition) is 3. The number of benzene rings is 1. The quantitative estimate of drug-likeness (QED) is 0.707. The van der Waals surface area contributed by atoms with E-state index in [9.17, 15) is 0 Å². The van der Waals surface area contributed by atoms with Crippen LogP contribution < -0.4 is 5.32 Å². The highest BCUT2D eigenvalue weighted by atomic mass is 35.5. The lowest BCUT2D eigenvalue weighted by molar-refractivity contribution is -0.0131.